The van der Waals surface area contributed by atoms with Gasteiger partial charge in [-0.2, -0.15) is 0 Å². The standard InChI is InChI=1S/C33H38/c1-14-15(2)20(7)30-26(18(14)5)13-27-24(11)29-23(10)22(9)28-19(6)16(3)17(4)21(8)32(28)33(29)25(12)31(27)30/h13H2,1-12H3. The summed E-state index contributed by atoms with van der Waals surface area (Å²) in [6.07, 6.45) is 1.07. The smallest absolute Gasteiger partial charge is 0.000766 e. The molecular formula is C33H38. The molecule has 0 heterocycles. The minimum atomic E-state index is 1.07. The van der Waals surface area contributed by atoms with E-state index < -0.39 is 0 Å². The van der Waals surface area contributed by atoms with Gasteiger partial charge in [0.25, 0.3) is 0 Å². The lowest BCUT2D eigenvalue weighted by atomic mass is 9.79. The Morgan fingerprint density at radius 3 is 1.18 bits per heavy atom. The third-order valence-corrected chi connectivity index (χ3v) is 9.80. The Hall–Kier alpha value is -2.60. The molecule has 4 aromatic carbocycles. The number of hydrogen-bond donors (Lipinski definition) is 0. The average molecular weight is 435 g/mol. The van der Waals surface area contributed by atoms with E-state index in [0.717, 1.165) is 6.42 Å². The van der Waals surface area contributed by atoms with Crippen molar-refractivity contribution in [1.29, 1.82) is 0 Å². The van der Waals surface area contributed by atoms with Crippen LogP contribution in [0.4, 0.5) is 0 Å². The van der Waals surface area contributed by atoms with Gasteiger partial charge >= 0.3 is 0 Å². The summed E-state index contributed by atoms with van der Waals surface area (Å²) in [6.45, 7) is 28.0. The number of rotatable bonds is 0. The van der Waals surface area contributed by atoms with Crippen LogP contribution in [0.25, 0.3) is 32.7 Å². The van der Waals surface area contributed by atoms with Crippen molar-refractivity contribution >= 4 is 21.5 Å². The Morgan fingerprint density at radius 2 is 0.606 bits per heavy atom. The first-order valence-electron chi connectivity index (χ1n) is 12.5. The molecule has 5 rings (SSSR count). The number of aryl methyl sites for hydroxylation is 6. The van der Waals surface area contributed by atoms with Crippen molar-refractivity contribution in [2.75, 3.05) is 0 Å². The van der Waals surface area contributed by atoms with Gasteiger partial charge < -0.3 is 0 Å². The van der Waals surface area contributed by atoms with Gasteiger partial charge in [0.2, 0.25) is 0 Å². The highest BCUT2D eigenvalue weighted by atomic mass is 14.3. The van der Waals surface area contributed by atoms with Crippen molar-refractivity contribution in [2.45, 2.75) is 89.5 Å². The molecule has 1 aliphatic carbocycles. The molecule has 0 amide bonds. The maximum absolute atomic E-state index is 2.40. The molecule has 1 aliphatic rings. The first-order chi connectivity index (χ1) is 15.4. The molecule has 0 heteroatoms. The Bertz CT molecular complexity index is 1570. The van der Waals surface area contributed by atoms with E-state index in [4.69, 9.17) is 0 Å². The van der Waals surface area contributed by atoms with Crippen LogP contribution in [0.2, 0.25) is 0 Å². The average Bonchev–Trinajstić information content (AvgIpc) is 3.20. The van der Waals surface area contributed by atoms with E-state index in [1.54, 1.807) is 11.1 Å². The molecule has 0 N–H and O–H groups in total. The van der Waals surface area contributed by atoms with E-state index >= 15 is 0 Å². The molecule has 0 saturated heterocycles. The van der Waals surface area contributed by atoms with Crippen LogP contribution in [0.1, 0.15) is 77.9 Å². The molecule has 0 saturated carbocycles. The third kappa shape index (κ3) is 2.53. The molecule has 0 bridgehead atoms. The van der Waals surface area contributed by atoms with Crippen molar-refractivity contribution in [2.24, 2.45) is 0 Å². The molecule has 0 aromatic heterocycles. The highest BCUT2D eigenvalue weighted by Crippen LogP contribution is 2.51. The minimum Gasteiger partial charge on any atom is -0.0447 e. The lowest BCUT2D eigenvalue weighted by molar-refractivity contribution is 1.14. The van der Waals surface area contributed by atoms with Crippen LogP contribution >= 0.6 is 0 Å². The fourth-order valence-electron chi connectivity index (χ4n) is 7.00. The van der Waals surface area contributed by atoms with Crippen LogP contribution in [0.3, 0.4) is 0 Å². The Balaban J connectivity index is 2.12. The third-order valence-electron chi connectivity index (χ3n) is 9.80. The maximum Gasteiger partial charge on any atom is -0.000766 e. The summed E-state index contributed by atoms with van der Waals surface area (Å²) < 4.78 is 0. The lowest BCUT2D eigenvalue weighted by Crippen LogP contribution is -2.03. The summed E-state index contributed by atoms with van der Waals surface area (Å²) in [6, 6.07) is 0. The van der Waals surface area contributed by atoms with Gasteiger partial charge in [-0.15, -0.1) is 0 Å². The van der Waals surface area contributed by atoms with Gasteiger partial charge in [-0.05, 0) is 200 Å². The molecule has 0 nitrogen and oxygen atoms in total. The largest absolute Gasteiger partial charge is 0.0447 e. The zero-order chi connectivity index (χ0) is 24.3. The molecule has 0 aliphatic heterocycles. The number of benzene rings is 4. The zero-order valence-electron chi connectivity index (χ0n) is 22.7. The predicted molar refractivity (Wildman–Crippen MR) is 147 cm³/mol. The first-order valence-corrected chi connectivity index (χ1v) is 12.5. The van der Waals surface area contributed by atoms with Crippen LogP contribution in [-0.4, -0.2) is 0 Å². The normalized spacial score (nSPS) is 12.7. The van der Waals surface area contributed by atoms with E-state index in [1.807, 2.05) is 0 Å². The predicted octanol–water partition coefficient (Wildman–Crippen LogP) is 9.27. The summed E-state index contributed by atoms with van der Waals surface area (Å²) in [5, 5.41) is 5.97. The number of fused-ring (bicyclic) bond motifs is 6. The second-order valence-electron chi connectivity index (χ2n) is 10.9. The van der Waals surface area contributed by atoms with E-state index in [2.05, 4.69) is 83.1 Å². The van der Waals surface area contributed by atoms with Gasteiger partial charge in [0.1, 0.15) is 0 Å². The van der Waals surface area contributed by atoms with Gasteiger partial charge in [0.15, 0.2) is 0 Å². The monoisotopic (exact) mass is 434 g/mol. The highest BCUT2D eigenvalue weighted by Gasteiger charge is 2.31. The van der Waals surface area contributed by atoms with Gasteiger partial charge in [0, 0.05) is 0 Å². The second kappa shape index (κ2) is 6.95. The second-order valence-corrected chi connectivity index (χ2v) is 10.9. The van der Waals surface area contributed by atoms with Crippen molar-refractivity contribution < 1.29 is 0 Å². The summed E-state index contributed by atoms with van der Waals surface area (Å²) in [5.74, 6) is 0. The summed E-state index contributed by atoms with van der Waals surface area (Å²) in [4.78, 5) is 0. The Morgan fingerprint density at radius 1 is 0.273 bits per heavy atom. The van der Waals surface area contributed by atoms with Crippen LogP contribution in [0.5, 0.6) is 0 Å². The molecule has 0 unspecified atom stereocenters. The van der Waals surface area contributed by atoms with Crippen LogP contribution in [-0.2, 0) is 6.42 Å². The molecular weight excluding hydrogens is 396 g/mol. The molecule has 0 atom stereocenters. The van der Waals surface area contributed by atoms with Crippen LogP contribution < -0.4 is 0 Å². The van der Waals surface area contributed by atoms with Crippen LogP contribution in [0, 0.1) is 83.1 Å². The van der Waals surface area contributed by atoms with Crippen molar-refractivity contribution in [3.05, 3.63) is 77.9 Å². The van der Waals surface area contributed by atoms with E-state index in [9.17, 15) is 0 Å². The number of hydrogen-bond acceptors (Lipinski definition) is 0. The lowest BCUT2D eigenvalue weighted by Gasteiger charge is -2.25. The minimum absolute atomic E-state index is 1.07. The summed E-state index contributed by atoms with van der Waals surface area (Å²) in [5.41, 5.74) is 23.7. The van der Waals surface area contributed by atoms with E-state index in [1.165, 1.54) is 99.4 Å². The molecule has 0 spiro atoms. The first kappa shape index (κ1) is 22.2. The molecule has 33 heavy (non-hydrogen) atoms. The van der Waals surface area contributed by atoms with Gasteiger partial charge in [-0.1, -0.05) is 0 Å². The van der Waals surface area contributed by atoms with E-state index in [-0.39, 0.29) is 0 Å². The van der Waals surface area contributed by atoms with Crippen molar-refractivity contribution in [3.63, 3.8) is 0 Å². The van der Waals surface area contributed by atoms with Gasteiger partial charge in [-0.25, -0.2) is 0 Å². The Kier molecular flexibility index (Phi) is 4.68. The summed E-state index contributed by atoms with van der Waals surface area (Å²) >= 11 is 0. The topological polar surface area (TPSA) is 0 Å². The molecule has 4 aromatic rings. The van der Waals surface area contributed by atoms with Crippen LogP contribution in [0.15, 0.2) is 0 Å². The molecule has 170 valence electrons. The van der Waals surface area contributed by atoms with Crippen molar-refractivity contribution in [3.8, 4) is 11.1 Å². The maximum atomic E-state index is 2.40. The fraction of sp³-hybridized carbons (Fsp3) is 0.394. The SMILES string of the molecule is Cc1c(C)c(C)c2c(c1C)Cc1c-2c(C)c2c(c1C)c(C)c(C)c1c(C)c(C)c(C)c(C)c12. The van der Waals surface area contributed by atoms with Gasteiger partial charge in [0.05, 0.1) is 0 Å². The van der Waals surface area contributed by atoms with E-state index in [0.29, 0.717) is 0 Å². The fourth-order valence-corrected chi connectivity index (χ4v) is 7.00. The highest BCUT2D eigenvalue weighted by molar-refractivity contribution is 6.18. The zero-order valence-corrected chi connectivity index (χ0v) is 22.7. The molecule has 0 fully saturated rings. The Labute approximate surface area is 200 Å². The quantitative estimate of drug-likeness (QED) is 0.213. The molecule has 0 radical (unpaired) electrons. The van der Waals surface area contributed by atoms with Crippen molar-refractivity contribution in [1.82, 2.24) is 0 Å². The van der Waals surface area contributed by atoms with Gasteiger partial charge in [-0.3, -0.25) is 0 Å². The summed E-state index contributed by atoms with van der Waals surface area (Å²) in [7, 11) is 0.